The van der Waals surface area contributed by atoms with Crippen LogP contribution in [0.2, 0.25) is 0 Å². The molecule has 0 heterocycles. The average molecular weight is 220 g/mol. The Labute approximate surface area is 98.1 Å². The van der Waals surface area contributed by atoms with Gasteiger partial charge in [0.2, 0.25) is 0 Å². The van der Waals surface area contributed by atoms with E-state index in [1.54, 1.807) is 0 Å². The van der Waals surface area contributed by atoms with Gasteiger partial charge in [0.05, 0.1) is 12.2 Å². The standard InChI is InChI=1S/2C7H10O/c2*1-2-6-4-3-5-7(6)8/h2*1,6-8H,3-5H2/t2*6-,7+/m10/s1. The zero-order valence-electron chi connectivity index (χ0n) is 9.60. The van der Waals surface area contributed by atoms with Crippen LogP contribution >= 0.6 is 0 Å². The van der Waals surface area contributed by atoms with Crippen LogP contribution in [-0.2, 0) is 0 Å². The van der Waals surface area contributed by atoms with Crippen LogP contribution in [-0.4, -0.2) is 22.4 Å². The predicted octanol–water partition coefficient (Wildman–Crippen LogP) is 1.56. The normalized spacial score (nSPS) is 37.0. The topological polar surface area (TPSA) is 40.5 Å². The molecule has 0 spiro atoms. The quantitative estimate of drug-likeness (QED) is 0.608. The molecular weight excluding hydrogens is 200 g/mol. The van der Waals surface area contributed by atoms with E-state index in [9.17, 15) is 0 Å². The fraction of sp³-hybridized carbons (Fsp3) is 0.714. The van der Waals surface area contributed by atoms with Crippen molar-refractivity contribution in [3.05, 3.63) is 0 Å². The summed E-state index contributed by atoms with van der Waals surface area (Å²) in [6, 6.07) is 0. The van der Waals surface area contributed by atoms with Gasteiger partial charge in [-0.05, 0) is 38.5 Å². The van der Waals surface area contributed by atoms with Crippen molar-refractivity contribution in [2.24, 2.45) is 11.8 Å². The molecule has 4 atom stereocenters. The van der Waals surface area contributed by atoms with Gasteiger partial charge in [-0.15, -0.1) is 24.7 Å². The third-order valence-electron chi connectivity index (χ3n) is 3.39. The zero-order valence-corrected chi connectivity index (χ0v) is 9.60. The molecule has 0 aliphatic heterocycles. The van der Waals surface area contributed by atoms with Gasteiger partial charge in [-0.25, -0.2) is 0 Å². The molecule has 2 aliphatic carbocycles. The van der Waals surface area contributed by atoms with Gasteiger partial charge in [-0.3, -0.25) is 0 Å². The molecule has 0 aromatic heterocycles. The van der Waals surface area contributed by atoms with Crippen molar-refractivity contribution in [2.75, 3.05) is 0 Å². The van der Waals surface area contributed by atoms with E-state index in [1.807, 2.05) is 0 Å². The molecule has 0 aromatic carbocycles. The summed E-state index contributed by atoms with van der Waals surface area (Å²) < 4.78 is 0. The molecule has 0 bridgehead atoms. The summed E-state index contributed by atoms with van der Waals surface area (Å²) in [7, 11) is 0. The van der Waals surface area contributed by atoms with Gasteiger partial charge >= 0.3 is 0 Å². The first-order valence-electron chi connectivity index (χ1n) is 5.97. The SMILES string of the molecule is C#C[C@@H]1CCC[C@@H]1O.C#C[C@H]1CCC[C@H]1O. The van der Waals surface area contributed by atoms with Gasteiger partial charge in [0.25, 0.3) is 0 Å². The van der Waals surface area contributed by atoms with Crippen molar-refractivity contribution >= 4 is 0 Å². The molecule has 2 rings (SSSR count). The zero-order chi connectivity index (χ0) is 12.0. The van der Waals surface area contributed by atoms with E-state index in [-0.39, 0.29) is 24.0 Å². The molecular formula is C14H20O2. The number of hydrogen-bond donors (Lipinski definition) is 2. The van der Waals surface area contributed by atoms with Crippen molar-refractivity contribution in [3.8, 4) is 24.7 Å². The fourth-order valence-electron chi connectivity index (χ4n) is 2.27. The molecule has 0 amide bonds. The third-order valence-corrected chi connectivity index (χ3v) is 3.39. The molecule has 2 heteroatoms. The van der Waals surface area contributed by atoms with Gasteiger partial charge in [-0.2, -0.15) is 0 Å². The summed E-state index contributed by atoms with van der Waals surface area (Å²) in [6.45, 7) is 0. The molecule has 2 fully saturated rings. The van der Waals surface area contributed by atoms with Gasteiger partial charge in [0.1, 0.15) is 0 Å². The van der Waals surface area contributed by atoms with E-state index in [1.165, 1.54) is 0 Å². The maximum atomic E-state index is 9.05. The van der Waals surface area contributed by atoms with Crippen LogP contribution < -0.4 is 0 Å². The highest BCUT2D eigenvalue weighted by atomic mass is 16.3. The van der Waals surface area contributed by atoms with Crippen LogP contribution in [0.4, 0.5) is 0 Å². The maximum absolute atomic E-state index is 9.05. The van der Waals surface area contributed by atoms with Gasteiger partial charge in [0, 0.05) is 11.8 Å². The monoisotopic (exact) mass is 220 g/mol. The predicted molar refractivity (Wildman–Crippen MR) is 64.4 cm³/mol. The highest BCUT2D eigenvalue weighted by molar-refractivity contribution is 5.00. The molecule has 2 aliphatic rings. The van der Waals surface area contributed by atoms with Crippen LogP contribution in [0.3, 0.4) is 0 Å². The number of rotatable bonds is 0. The summed E-state index contributed by atoms with van der Waals surface area (Å²) in [6.07, 6.45) is 15.8. The summed E-state index contributed by atoms with van der Waals surface area (Å²) in [5.74, 6) is 5.42. The molecule has 88 valence electrons. The first kappa shape index (κ1) is 13.1. The van der Waals surface area contributed by atoms with Gasteiger partial charge < -0.3 is 10.2 Å². The Balaban J connectivity index is 0.000000160. The van der Waals surface area contributed by atoms with Crippen LogP contribution in [0.15, 0.2) is 0 Å². The molecule has 0 saturated heterocycles. The van der Waals surface area contributed by atoms with Crippen LogP contribution in [0.1, 0.15) is 38.5 Å². The lowest BCUT2D eigenvalue weighted by Gasteiger charge is -2.03. The van der Waals surface area contributed by atoms with E-state index in [0.717, 1.165) is 38.5 Å². The second kappa shape index (κ2) is 6.59. The van der Waals surface area contributed by atoms with Crippen molar-refractivity contribution in [1.29, 1.82) is 0 Å². The molecule has 0 radical (unpaired) electrons. The molecule has 2 nitrogen and oxygen atoms in total. The summed E-state index contributed by atoms with van der Waals surface area (Å²) in [5.41, 5.74) is 0. The molecule has 0 unspecified atom stereocenters. The third kappa shape index (κ3) is 3.56. The maximum Gasteiger partial charge on any atom is 0.0677 e. The van der Waals surface area contributed by atoms with E-state index < -0.39 is 0 Å². The molecule has 0 aromatic rings. The number of terminal acetylenes is 2. The number of aliphatic hydroxyl groups is 2. The van der Waals surface area contributed by atoms with Crippen molar-refractivity contribution in [3.63, 3.8) is 0 Å². The second-order valence-electron chi connectivity index (χ2n) is 4.54. The van der Waals surface area contributed by atoms with E-state index in [2.05, 4.69) is 11.8 Å². The van der Waals surface area contributed by atoms with Crippen LogP contribution in [0.5, 0.6) is 0 Å². The lowest BCUT2D eigenvalue weighted by molar-refractivity contribution is 0.156. The first-order valence-corrected chi connectivity index (χ1v) is 5.97. The summed E-state index contributed by atoms with van der Waals surface area (Å²) >= 11 is 0. The smallest absolute Gasteiger partial charge is 0.0677 e. The molecule has 16 heavy (non-hydrogen) atoms. The van der Waals surface area contributed by atoms with Crippen LogP contribution in [0.25, 0.3) is 0 Å². The van der Waals surface area contributed by atoms with Crippen molar-refractivity contribution in [1.82, 2.24) is 0 Å². The van der Waals surface area contributed by atoms with E-state index >= 15 is 0 Å². The Morgan fingerprint density at radius 1 is 0.750 bits per heavy atom. The first-order chi connectivity index (χ1) is 7.69. The number of aliphatic hydroxyl groups excluding tert-OH is 2. The minimum Gasteiger partial charge on any atom is -0.392 e. The van der Waals surface area contributed by atoms with Gasteiger partial charge in [-0.1, -0.05) is 0 Å². The lowest BCUT2D eigenvalue weighted by atomic mass is 10.1. The van der Waals surface area contributed by atoms with Crippen LogP contribution in [0, 0.1) is 36.5 Å². The van der Waals surface area contributed by atoms with Crippen molar-refractivity contribution in [2.45, 2.75) is 50.7 Å². The minimum atomic E-state index is -0.208. The van der Waals surface area contributed by atoms with Crippen molar-refractivity contribution < 1.29 is 10.2 Å². The fourth-order valence-corrected chi connectivity index (χ4v) is 2.27. The number of hydrogen-bond acceptors (Lipinski definition) is 2. The highest BCUT2D eigenvalue weighted by Gasteiger charge is 2.22. The summed E-state index contributed by atoms with van der Waals surface area (Å²) in [4.78, 5) is 0. The lowest BCUT2D eigenvalue weighted by Crippen LogP contribution is -2.09. The average Bonchev–Trinajstić information content (AvgIpc) is 2.87. The van der Waals surface area contributed by atoms with E-state index in [4.69, 9.17) is 23.1 Å². The summed E-state index contributed by atoms with van der Waals surface area (Å²) in [5, 5.41) is 18.1. The largest absolute Gasteiger partial charge is 0.392 e. The Hall–Kier alpha value is -0.960. The molecule has 2 saturated carbocycles. The Bertz CT molecular complexity index is 254. The van der Waals surface area contributed by atoms with E-state index in [0.29, 0.717) is 0 Å². The highest BCUT2D eigenvalue weighted by Crippen LogP contribution is 2.24. The van der Waals surface area contributed by atoms with Gasteiger partial charge in [0.15, 0.2) is 0 Å². The Morgan fingerprint density at radius 3 is 1.25 bits per heavy atom. The minimum absolute atomic E-state index is 0.148. The molecule has 2 N–H and O–H groups in total. The second-order valence-corrected chi connectivity index (χ2v) is 4.54. The Morgan fingerprint density at radius 2 is 1.12 bits per heavy atom. The Kier molecular flexibility index (Phi) is 5.39.